The molecule has 0 aliphatic carbocycles. The van der Waals surface area contributed by atoms with Crippen molar-refractivity contribution in [2.45, 2.75) is 25.7 Å². The number of halogens is 1. The maximum atomic E-state index is 13.5. The first-order valence-corrected chi connectivity index (χ1v) is 6.95. The summed E-state index contributed by atoms with van der Waals surface area (Å²) >= 11 is 0. The van der Waals surface area contributed by atoms with Gasteiger partial charge in [0.1, 0.15) is 17.6 Å². The van der Waals surface area contributed by atoms with Crippen molar-refractivity contribution >= 4 is 0 Å². The summed E-state index contributed by atoms with van der Waals surface area (Å²) in [5, 5.41) is 18.7. The lowest BCUT2D eigenvalue weighted by molar-refractivity contribution is -0.0196. The molecule has 2 aromatic rings. The van der Waals surface area contributed by atoms with Crippen LogP contribution in [0.2, 0.25) is 0 Å². The minimum atomic E-state index is -1.22. The Hall–Kier alpha value is -2.42. The van der Waals surface area contributed by atoms with E-state index in [0.717, 1.165) is 18.1 Å². The average Bonchev–Trinajstić information content (AvgIpc) is 2.54. The number of hydrogen-bond donors (Lipinski definition) is 2. The molecule has 0 aromatic heterocycles. The van der Waals surface area contributed by atoms with Crippen molar-refractivity contribution in [2.75, 3.05) is 0 Å². The lowest BCUT2D eigenvalue weighted by Crippen LogP contribution is -2.10. The van der Waals surface area contributed by atoms with Crippen LogP contribution in [-0.4, -0.2) is 5.11 Å². The predicted octanol–water partition coefficient (Wildman–Crippen LogP) is 3.18. The van der Waals surface area contributed by atoms with E-state index in [4.69, 9.17) is 15.7 Å². The summed E-state index contributed by atoms with van der Waals surface area (Å²) in [5.74, 6) is -0.533. The number of ether oxygens (including phenoxy) is 1. The maximum Gasteiger partial charge on any atom is 0.224 e. The molecule has 3 N–H and O–H groups in total. The molecule has 0 bridgehead atoms. The van der Waals surface area contributed by atoms with E-state index in [1.807, 2.05) is 19.1 Å². The van der Waals surface area contributed by atoms with Gasteiger partial charge < -0.3 is 15.6 Å². The zero-order valence-electron chi connectivity index (χ0n) is 12.2. The molecule has 5 heteroatoms. The Labute approximate surface area is 128 Å². The summed E-state index contributed by atoms with van der Waals surface area (Å²) in [5.41, 5.74) is 7.37. The first kappa shape index (κ1) is 16.0. The quantitative estimate of drug-likeness (QED) is 0.831. The number of aliphatic hydroxyl groups is 1. The van der Waals surface area contributed by atoms with Gasteiger partial charge in [-0.2, -0.15) is 5.26 Å². The van der Waals surface area contributed by atoms with Gasteiger partial charge in [-0.3, -0.25) is 0 Å². The highest BCUT2D eigenvalue weighted by molar-refractivity contribution is 5.36. The first-order valence-electron chi connectivity index (χ1n) is 6.95. The summed E-state index contributed by atoms with van der Waals surface area (Å²) in [6.45, 7) is 2.00. The monoisotopic (exact) mass is 300 g/mol. The van der Waals surface area contributed by atoms with E-state index in [1.165, 1.54) is 12.1 Å². The predicted molar refractivity (Wildman–Crippen MR) is 80.4 cm³/mol. The summed E-state index contributed by atoms with van der Waals surface area (Å²) < 4.78 is 18.8. The zero-order chi connectivity index (χ0) is 16.1. The summed E-state index contributed by atoms with van der Waals surface area (Å²) in [6.07, 6.45) is -0.401. The minimum absolute atomic E-state index is 0.0419. The molecule has 0 amide bonds. The highest BCUT2D eigenvalue weighted by Crippen LogP contribution is 2.23. The first-order chi connectivity index (χ1) is 10.5. The van der Waals surface area contributed by atoms with Gasteiger partial charge in [0.05, 0.1) is 5.56 Å². The van der Waals surface area contributed by atoms with Gasteiger partial charge in [-0.25, -0.2) is 4.39 Å². The Balaban J connectivity index is 2.10. The highest BCUT2D eigenvalue weighted by atomic mass is 19.1. The Morgan fingerprint density at radius 3 is 2.41 bits per heavy atom. The Bertz CT molecular complexity index is 680. The van der Waals surface area contributed by atoms with Crippen molar-refractivity contribution < 1.29 is 14.2 Å². The van der Waals surface area contributed by atoms with Crippen molar-refractivity contribution in [3.05, 3.63) is 65.0 Å². The molecule has 4 nitrogen and oxygen atoms in total. The number of hydrogen-bond acceptors (Lipinski definition) is 4. The van der Waals surface area contributed by atoms with Crippen LogP contribution in [0.1, 0.15) is 42.4 Å². The molecule has 0 aliphatic rings. The fourth-order valence-corrected chi connectivity index (χ4v) is 2.00. The molecule has 2 unspecified atom stereocenters. The summed E-state index contributed by atoms with van der Waals surface area (Å²) in [4.78, 5) is 0. The number of aliphatic hydroxyl groups excluding tert-OH is 1. The van der Waals surface area contributed by atoms with E-state index >= 15 is 0 Å². The third kappa shape index (κ3) is 3.61. The van der Waals surface area contributed by atoms with E-state index in [1.54, 1.807) is 18.2 Å². The van der Waals surface area contributed by atoms with Crippen molar-refractivity contribution in [1.82, 2.24) is 0 Å². The molecule has 114 valence electrons. The van der Waals surface area contributed by atoms with Crippen molar-refractivity contribution in [3.63, 3.8) is 0 Å². The molecule has 2 rings (SSSR count). The van der Waals surface area contributed by atoms with Gasteiger partial charge in [0.15, 0.2) is 0 Å². The van der Waals surface area contributed by atoms with Gasteiger partial charge in [-0.15, -0.1) is 0 Å². The number of nitriles is 1. The van der Waals surface area contributed by atoms with Crippen LogP contribution in [0.4, 0.5) is 4.39 Å². The molecule has 0 fully saturated rings. The molecule has 0 aliphatic heterocycles. The van der Waals surface area contributed by atoms with Gasteiger partial charge in [0.25, 0.3) is 0 Å². The van der Waals surface area contributed by atoms with E-state index in [0.29, 0.717) is 5.56 Å². The molecule has 0 radical (unpaired) electrons. The third-order valence-corrected chi connectivity index (χ3v) is 3.40. The molecule has 22 heavy (non-hydrogen) atoms. The van der Waals surface area contributed by atoms with E-state index < -0.39 is 12.1 Å². The van der Waals surface area contributed by atoms with Crippen LogP contribution in [0.3, 0.4) is 0 Å². The Kier molecular flexibility index (Phi) is 5.10. The highest BCUT2D eigenvalue weighted by Gasteiger charge is 2.12. The Morgan fingerprint density at radius 2 is 1.86 bits per heavy atom. The smallest absolute Gasteiger partial charge is 0.224 e. The summed E-state index contributed by atoms with van der Waals surface area (Å²) in [6, 6.07) is 12.6. The van der Waals surface area contributed by atoms with Crippen molar-refractivity contribution in [1.29, 1.82) is 5.26 Å². The summed E-state index contributed by atoms with van der Waals surface area (Å²) in [7, 11) is 0. The topological polar surface area (TPSA) is 79.3 Å². The SMILES string of the molecule is CCC(N)c1ccc(C(O)Oc2ccc(C#N)c(F)c2)cc1. The van der Waals surface area contributed by atoms with E-state index in [-0.39, 0.29) is 17.4 Å². The molecular weight excluding hydrogens is 283 g/mol. The largest absolute Gasteiger partial charge is 0.461 e. The third-order valence-electron chi connectivity index (χ3n) is 3.40. The van der Waals surface area contributed by atoms with Gasteiger partial charge in [0, 0.05) is 17.7 Å². The normalized spacial score (nSPS) is 13.2. The maximum absolute atomic E-state index is 13.5. The zero-order valence-corrected chi connectivity index (χ0v) is 12.2. The van der Waals surface area contributed by atoms with E-state index in [9.17, 15) is 9.50 Å². The van der Waals surface area contributed by atoms with Crippen molar-refractivity contribution in [2.24, 2.45) is 5.73 Å². The van der Waals surface area contributed by atoms with Gasteiger partial charge in [-0.05, 0) is 24.1 Å². The van der Waals surface area contributed by atoms with Crippen LogP contribution in [0.25, 0.3) is 0 Å². The molecule has 2 atom stereocenters. The molecule has 0 spiro atoms. The molecule has 0 heterocycles. The second kappa shape index (κ2) is 7.03. The van der Waals surface area contributed by atoms with E-state index in [2.05, 4.69) is 0 Å². The van der Waals surface area contributed by atoms with Crippen molar-refractivity contribution in [3.8, 4) is 11.8 Å². The van der Waals surface area contributed by atoms with Gasteiger partial charge in [0.2, 0.25) is 6.29 Å². The number of rotatable bonds is 5. The van der Waals surface area contributed by atoms with Crippen LogP contribution in [0, 0.1) is 17.1 Å². The standard InChI is InChI=1S/C17H17FN2O2/c1-2-16(20)11-3-5-12(6-4-11)17(21)22-14-8-7-13(10-19)15(18)9-14/h3-9,16-17,21H,2,20H2,1H3. The lowest BCUT2D eigenvalue weighted by Gasteiger charge is -2.15. The second-order valence-corrected chi connectivity index (χ2v) is 4.91. The molecular formula is C17H17FN2O2. The lowest BCUT2D eigenvalue weighted by atomic mass is 10.0. The fraction of sp³-hybridized carbons (Fsp3) is 0.235. The van der Waals surface area contributed by atoms with Crippen LogP contribution in [0.15, 0.2) is 42.5 Å². The minimum Gasteiger partial charge on any atom is -0.461 e. The molecule has 0 saturated heterocycles. The van der Waals surface area contributed by atoms with Gasteiger partial charge in [-0.1, -0.05) is 31.2 Å². The number of benzene rings is 2. The fourth-order valence-electron chi connectivity index (χ4n) is 2.00. The average molecular weight is 300 g/mol. The van der Waals surface area contributed by atoms with Gasteiger partial charge >= 0.3 is 0 Å². The molecule has 0 saturated carbocycles. The van der Waals surface area contributed by atoms with Crippen LogP contribution in [0.5, 0.6) is 5.75 Å². The molecule has 2 aromatic carbocycles. The van der Waals surface area contributed by atoms with Crippen LogP contribution < -0.4 is 10.5 Å². The number of nitrogens with two attached hydrogens (primary N) is 1. The second-order valence-electron chi connectivity index (χ2n) is 4.91. The Morgan fingerprint density at radius 1 is 1.23 bits per heavy atom. The van der Waals surface area contributed by atoms with Crippen LogP contribution in [-0.2, 0) is 0 Å². The number of nitrogens with zero attached hydrogens (tertiary/aromatic N) is 1. The van der Waals surface area contributed by atoms with Crippen LogP contribution >= 0.6 is 0 Å².